The fourth-order valence-electron chi connectivity index (χ4n) is 2.89. The maximum atomic E-state index is 12.7. The zero-order chi connectivity index (χ0) is 18.1. The molecule has 26 heavy (non-hydrogen) atoms. The molecule has 0 saturated heterocycles. The van der Waals surface area contributed by atoms with Crippen molar-refractivity contribution in [1.29, 1.82) is 0 Å². The van der Waals surface area contributed by atoms with Gasteiger partial charge < -0.3 is 0 Å². The Kier molecular flexibility index (Phi) is 3.97. The van der Waals surface area contributed by atoms with E-state index in [0.29, 0.717) is 11.3 Å². The third-order valence-electron chi connectivity index (χ3n) is 4.23. The molecule has 4 rings (SSSR count). The monoisotopic (exact) mass is 342 g/mol. The van der Waals surface area contributed by atoms with Gasteiger partial charge in [0.05, 0.1) is 11.4 Å². The van der Waals surface area contributed by atoms with Crippen LogP contribution in [0.5, 0.6) is 0 Å². The first kappa shape index (κ1) is 16.0. The molecule has 1 aromatic carbocycles. The lowest BCUT2D eigenvalue weighted by Crippen LogP contribution is -2.20. The summed E-state index contributed by atoms with van der Waals surface area (Å²) in [5.74, 6) is 0. The summed E-state index contributed by atoms with van der Waals surface area (Å²) in [5, 5.41) is 0. The zero-order valence-corrected chi connectivity index (χ0v) is 14.6. The minimum Gasteiger partial charge on any atom is -0.267 e. The van der Waals surface area contributed by atoms with Crippen molar-refractivity contribution < 1.29 is 0 Å². The summed E-state index contributed by atoms with van der Waals surface area (Å²) in [5.41, 5.74) is 5.18. The highest BCUT2D eigenvalue weighted by molar-refractivity contribution is 5.68. The van der Waals surface area contributed by atoms with Crippen molar-refractivity contribution in [1.82, 2.24) is 19.2 Å². The molecular weight excluding hydrogens is 324 g/mol. The van der Waals surface area contributed by atoms with Gasteiger partial charge in [-0.25, -0.2) is 4.98 Å². The summed E-state index contributed by atoms with van der Waals surface area (Å²) < 4.78 is 3.44. The van der Waals surface area contributed by atoms with Gasteiger partial charge >= 0.3 is 0 Å². The molecule has 5 nitrogen and oxygen atoms in total. The van der Waals surface area contributed by atoms with E-state index in [1.807, 2.05) is 73.3 Å². The Morgan fingerprint density at radius 1 is 1.04 bits per heavy atom. The Hall–Kier alpha value is -3.47. The van der Waals surface area contributed by atoms with E-state index in [1.165, 1.54) is 5.56 Å². The molecule has 5 heteroatoms. The van der Waals surface area contributed by atoms with Crippen LogP contribution in [0.4, 0.5) is 0 Å². The lowest BCUT2D eigenvalue weighted by Gasteiger charge is -2.07. The Morgan fingerprint density at radius 2 is 1.85 bits per heavy atom. The predicted octanol–water partition coefficient (Wildman–Crippen LogP) is 3.67. The van der Waals surface area contributed by atoms with E-state index in [0.717, 1.165) is 16.8 Å². The van der Waals surface area contributed by atoms with Crippen LogP contribution in [0, 0.1) is 13.8 Å². The van der Waals surface area contributed by atoms with Crippen LogP contribution >= 0.6 is 0 Å². The topological polar surface area (TPSA) is 52.2 Å². The van der Waals surface area contributed by atoms with Crippen LogP contribution < -0.4 is 5.56 Å². The average Bonchev–Trinajstić information content (AvgIpc) is 2.99. The highest BCUT2D eigenvalue weighted by Crippen LogP contribution is 2.15. The van der Waals surface area contributed by atoms with Gasteiger partial charge in [-0.05, 0) is 43.7 Å². The Bertz CT molecular complexity index is 1150. The number of benzene rings is 1. The molecule has 0 unspecified atom stereocenters. The standard InChI is InChI=1S/C21H18N4O/c1-15-5-9-19(10-6-15)24-14-16(2)21-23-18(12-20(26)25(21)24)8-7-17-4-3-11-22-13-17/h3-14H,1-2H3/b8-7+. The summed E-state index contributed by atoms with van der Waals surface area (Å²) in [7, 11) is 0. The number of hydrogen-bond acceptors (Lipinski definition) is 3. The Morgan fingerprint density at radius 3 is 2.58 bits per heavy atom. The molecule has 0 radical (unpaired) electrons. The van der Waals surface area contributed by atoms with Crippen molar-refractivity contribution in [3.05, 3.63) is 93.8 Å². The average molecular weight is 342 g/mol. The third kappa shape index (κ3) is 2.95. The lowest BCUT2D eigenvalue weighted by molar-refractivity contribution is 0.763. The van der Waals surface area contributed by atoms with Gasteiger partial charge in [0.15, 0.2) is 5.65 Å². The van der Waals surface area contributed by atoms with Crippen molar-refractivity contribution >= 4 is 17.8 Å². The van der Waals surface area contributed by atoms with E-state index in [1.54, 1.807) is 23.0 Å². The maximum Gasteiger partial charge on any atom is 0.273 e. The van der Waals surface area contributed by atoms with Gasteiger partial charge in [0.1, 0.15) is 0 Å². The summed E-state index contributed by atoms with van der Waals surface area (Å²) in [6.07, 6.45) is 9.16. The normalized spacial score (nSPS) is 11.5. The molecule has 0 bridgehead atoms. The molecule has 0 atom stereocenters. The molecule has 0 saturated carbocycles. The van der Waals surface area contributed by atoms with Crippen molar-refractivity contribution in [2.45, 2.75) is 13.8 Å². The molecule has 0 spiro atoms. The minimum atomic E-state index is -0.116. The van der Waals surface area contributed by atoms with Crippen molar-refractivity contribution in [3.63, 3.8) is 0 Å². The highest BCUT2D eigenvalue weighted by Gasteiger charge is 2.11. The molecule has 4 aromatic rings. The van der Waals surface area contributed by atoms with Gasteiger partial charge in [0.2, 0.25) is 0 Å². The molecular formula is C21H18N4O. The van der Waals surface area contributed by atoms with Crippen molar-refractivity contribution in [2.75, 3.05) is 0 Å². The first-order chi connectivity index (χ1) is 12.6. The van der Waals surface area contributed by atoms with Gasteiger partial charge in [-0.3, -0.25) is 14.5 Å². The molecule has 0 aliphatic carbocycles. The molecule has 3 aromatic heterocycles. The third-order valence-corrected chi connectivity index (χ3v) is 4.23. The first-order valence-electron chi connectivity index (χ1n) is 8.39. The van der Waals surface area contributed by atoms with Gasteiger partial charge in [0.25, 0.3) is 5.56 Å². The van der Waals surface area contributed by atoms with Crippen LogP contribution in [-0.4, -0.2) is 19.2 Å². The number of rotatable bonds is 3. The lowest BCUT2D eigenvalue weighted by atomic mass is 10.2. The summed E-state index contributed by atoms with van der Waals surface area (Å²) in [4.78, 5) is 21.5. The second kappa shape index (κ2) is 6.44. The maximum absolute atomic E-state index is 12.7. The fourth-order valence-corrected chi connectivity index (χ4v) is 2.89. The SMILES string of the molecule is Cc1ccc(-n2cc(C)c3nc(/C=C/c4cccnc4)cc(=O)n32)cc1. The van der Waals surface area contributed by atoms with E-state index < -0.39 is 0 Å². The van der Waals surface area contributed by atoms with E-state index in [9.17, 15) is 4.79 Å². The van der Waals surface area contributed by atoms with E-state index >= 15 is 0 Å². The van der Waals surface area contributed by atoms with E-state index in [-0.39, 0.29) is 5.56 Å². The Labute approximate surface area is 150 Å². The number of aromatic nitrogens is 4. The van der Waals surface area contributed by atoms with Crippen LogP contribution in [0.15, 0.2) is 65.8 Å². The summed E-state index contributed by atoms with van der Waals surface area (Å²) >= 11 is 0. The number of hydrogen-bond donors (Lipinski definition) is 0. The highest BCUT2D eigenvalue weighted by atomic mass is 16.1. The van der Waals surface area contributed by atoms with Crippen molar-refractivity contribution in [3.8, 4) is 5.69 Å². The molecule has 128 valence electrons. The fraction of sp³-hybridized carbons (Fsp3) is 0.0952. The molecule has 0 amide bonds. The van der Waals surface area contributed by atoms with Gasteiger partial charge in [-0.15, -0.1) is 0 Å². The van der Waals surface area contributed by atoms with Gasteiger partial charge in [-0.2, -0.15) is 4.52 Å². The molecule has 0 aliphatic heterocycles. The van der Waals surface area contributed by atoms with E-state index in [2.05, 4.69) is 9.97 Å². The smallest absolute Gasteiger partial charge is 0.267 e. The first-order valence-corrected chi connectivity index (χ1v) is 8.39. The van der Waals surface area contributed by atoms with Crippen LogP contribution in [0.1, 0.15) is 22.4 Å². The molecule has 0 aliphatic rings. The number of pyridine rings is 1. The van der Waals surface area contributed by atoms with Crippen molar-refractivity contribution in [2.24, 2.45) is 0 Å². The van der Waals surface area contributed by atoms with E-state index in [4.69, 9.17) is 0 Å². The number of aryl methyl sites for hydroxylation is 2. The zero-order valence-electron chi connectivity index (χ0n) is 14.6. The largest absolute Gasteiger partial charge is 0.273 e. The van der Waals surface area contributed by atoms with Crippen LogP contribution in [0.2, 0.25) is 0 Å². The van der Waals surface area contributed by atoms with Gasteiger partial charge in [-0.1, -0.05) is 29.8 Å². The van der Waals surface area contributed by atoms with Gasteiger partial charge in [0, 0.05) is 30.2 Å². The van der Waals surface area contributed by atoms with Crippen LogP contribution in [0.3, 0.4) is 0 Å². The number of fused-ring (bicyclic) bond motifs is 1. The molecule has 0 N–H and O–H groups in total. The summed E-state index contributed by atoms with van der Waals surface area (Å²) in [6.45, 7) is 4.00. The second-order valence-corrected chi connectivity index (χ2v) is 6.27. The number of nitrogens with zero attached hydrogens (tertiary/aromatic N) is 4. The predicted molar refractivity (Wildman–Crippen MR) is 103 cm³/mol. The Balaban J connectivity index is 1.81. The quantitative estimate of drug-likeness (QED) is 0.571. The molecule has 3 heterocycles. The second-order valence-electron chi connectivity index (χ2n) is 6.27. The van der Waals surface area contributed by atoms with Crippen LogP contribution in [0.25, 0.3) is 23.5 Å². The minimum absolute atomic E-state index is 0.116. The van der Waals surface area contributed by atoms with Crippen LogP contribution in [-0.2, 0) is 0 Å². The summed E-state index contributed by atoms with van der Waals surface area (Å²) in [6, 6.07) is 13.4. The molecule has 0 fully saturated rings.